The third kappa shape index (κ3) is 8.14. The van der Waals surface area contributed by atoms with E-state index in [0.29, 0.717) is 46.3 Å². The Labute approximate surface area is 261 Å². The van der Waals surface area contributed by atoms with Gasteiger partial charge in [0.1, 0.15) is 11.9 Å². The van der Waals surface area contributed by atoms with E-state index in [4.69, 9.17) is 8.85 Å². The van der Waals surface area contributed by atoms with Crippen molar-refractivity contribution in [2.75, 3.05) is 18.5 Å². The minimum absolute atomic E-state index is 0.00550. The molecule has 0 heterocycles. The van der Waals surface area contributed by atoms with E-state index in [2.05, 4.69) is 88.4 Å². The number of benzene rings is 2. The van der Waals surface area contributed by atoms with Gasteiger partial charge in [-0.1, -0.05) is 95.2 Å². The predicted octanol–water partition coefficient (Wildman–Crippen LogP) is 10.8. The van der Waals surface area contributed by atoms with Crippen molar-refractivity contribution in [3.63, 3.8) is 0 Å². The third-order valence-corrected chi connectivity index (χ3v) is 21.6. The maximum absolute atomic E-state index is 15.3. The fraction of sp³-hybridized carbons (Fsp3) is 0.647. The Morgan fingerprint density at radius 1 is 0.674 bits per heavy atom. The molecule has 4 nitrogen and oxygen atoms in total. The zero-order valence-electron chi connectivity index (χ0n) is 28.4. The van der Waals surface area contributed by atoms with Crippen molar-refractivity contribution in [1.29, 1.82) is 0 Å². The molecule has 0 aliphatic carbocycles. The molecule has 0 saturated carbocycles. The number of aliphatic hydroxyl groups excluding tert-OH is 1. The Morgan fingerprint density at radius 3 is 1.63 bits per heavy atom. The highest BCUT2D eigenvalue weighted by Crippen LogP contribution is 2.44. The maximum Gasteiger partial charge on any atom is 0.200 e. The number of hydrogen-bond acceptors (Lipinski definition) is 4. The summed E-state index contributed by atoms with van der Waals surface area (Å²) in [5.74, 6) is -2.86. The highest BCUT2D eigenvalue weighted by molar-refractivity contribution is 6.78. The monoisotopic (exact) mass is 639 g/mol. The van der Waals surface area contributed by atoms with Gasteiger partial charge in [-0.3, -0.25) is 0 Å². The quantitative estimate of drug-likeness (QED) is 0.179. The van der Waals surface area contributed by atoms with Crippen molar-refractivity contribution in [3.05, 3.63) is 58.9 Å². The first-order valence-corrected chi connectivity index (χ1v) is 20.2. The molecule has 1 atom stereocenters. The van der Waals surface area contributed by atoms with E-state index in [0.717, 1.165) is 11.6 Å². The van der Waals surface area contributed by atoms with Gasteiger partial charge in [0.2, 0.25) is 0 Å². The molecule has 0 bridgehead atoms. The van der Waals surface area contributed by atoms with Gasteiger partial charge in [-0.2, -0.15) is 0 Å². The molecule has 0 saturated heterocycles. The van der Waals surface area contributed by atoms with Crippen LogP contribution >= 0.6 is 0 Å². The van der Waals surface area contributed by atoms with E-state index in [1.54, 1.807) is 6.07 Å². The molecule has 1 unspecified atom stereocenters. The second-order valence-electron chi connectivity index (χ2n) is 13.8. The van der Waals surface area contributed by atoms with Gasteiger partial charge in [-0.25, -0.2) is 13.2 Å². The Hall–Kier alpha value is -1.66. The molecule has 0 aliphatic heterocycles. The Morgan fingerprint density at radius 2 is 1.16 bits per heavy atom. The van der Waals surface area contributed by atoms with Crippen molar-refractivity contribution in [1.82, 2.24) is 0 Å². The lowest BCUT2D eigenvalue weighted by Gasteiger charge is -2.42. The molecule has 0 fully saturated rings. The summed E-state index contributed by atoms with van der Waals surface area (Å²) >= 11 is 0. The van der Waals surface area contributed by atoms with E-state index < -0.39 is 40.2 Å². The highest BCUT2D eigenvalue weighted by atomic mass is 28.4. The Bertz CT molecular complexity index is 1140. The molecular formula is C34H56F3NO3Si2. The fourth-order valence-corrected chi connectivity index (χ4v) is 18.5. The van der Waals surface area contributed by atoms with Crippen molar-refractivity contribution in [2.24, 2.45) is 0 Å². The summed E-state index contributed by atoms with van der Waals surface area (Å²) < 4.78 is 58.0. The molecule has 244 valence electrons. The number of halogens is 3. The smallest absolute Gasteiger partial charge is 0.200 e. The molecule has 0 spiro atoms. The molecule has 2 rings (SSSR count). The fourth-order valence-electron chi connectivity index (χ4n) is 7.58. The van der Waals surface area contributed by atoms with Crippen LogP contribution in [0.3, 0.4) is 0 Å². The van der Waals surface area contributed by atoms with Crippen molar-refractivity contribution in [3.8, 4) is 0 Å². The summed E-state index contributed by atoms with van der Waals surface area (Å²) in [5.41, 5.74) is 2.80. The predicted molar refractivity (Wildman–Crippen MR) is 179 cm³/mol. The zero-order valence-corrected chi connectivity index (χ0v) is 30.4. The van der Waals surface area contributed by atoms with Gasteiger partial charge >= 0.3 is 0 Å². The second-order valence-corrected chi connectivity index (χ2v) is 24.7. The number of hydrogen-bond donors (Lipinski definition) is 2. The molecule has 43 heavy (non-hydrogen) atoms. The topological polar surface area (TPSA) is 50.7 Å². The molecule has 0 aliphatic rings. The van der Waals surface area contributed by atoms with E-state index in [-0.39, 0.29) is 23.5 Å². The lowest BCUT2D eigenvalue weighted by Crippen LogP contribution is -2.48. The maximum atomic E-state index is 15.3. The van der Waals surface area contributed by atoms with E-state index >= 15 is 8.78 Å². The zero-order chi connectivity index (χ0) is 32.9. The standard InChI is InChI=1S/C34H56F3NO3Si2/c1-21(2)42(22(3)4,23(5)6)40-18-17-27-13-16-31(30(36)19-27)38-34-28(14-15-29(35)33(34)37)32(39)20-41-43(24(7)8,25(9)10)26(11)12/h13-16,19,21-26,32,38-39H,17-18,20H2,1-12H3. The molecular weight excluding hydrogens is 584 g/mol. The normalized spacial score (nSPS) is 13.8. The van der Waals surface area contributed by atoms with E-state index in [1.165, 1.54) is 18.2 Å². The number of nitrogens with one attached hydrogen (secondary N) is 1. The molecule has 9 heteroatoms. The third-order valence-electron chi connectivity index (χ3n) is 9.43. The Balaban J connectivity index is 2.28. The van der Waals surface area contributed by atoms with Crippen LogP contribution in [0.5, 0.6) is 0 Å². The first-order chi connectivity index (χ1) is 19.9. The number of anilines is 2. The average molecular weight is 640 g/mol. The van der Waals surface area contributed by atoms with Crippen molar-refractivity contribution < 1.29 is 27.1 Å². The summed E-state index contributed by atoms with van der Waals surface area (Å²) in [5, 5.41) is 13.9. The largest absolute Gasteiger partial charge is 0.416 e. The summed E-state index contributed by atoms with van der Waals surface area (Å²) in [7, 11) is -4.35. The van der Waals surface area contributed by atoms with Gasteiger partial charge < -0.3 is 19.3 Å². The van der Waals surface area contributed by atoms with Crippen LogP contribution in [0.1, 0.15) is 100 Å². The Kier molecular flexibility index (Phi) is 13.6. The molecule has 0 aromatic heterocycles. The van der Waals surface area contributed by atoms with Crippen LogP contribution in [0.15, 0.2) is 30.3 Å². The van der Waals surface area contributed by atoms with Crippen molar-refractivity contribution >= 4 is 28.0 Å². The van der Waals surface area contributed by atoms with Gasteiger partial charge in [0.25, 0.3) is 0 Å². The number of rotatable bonds is 16. The summed E-state index contributed by atoms with van der Waals surface area (Å²) in [6.45, 7) is 26.6. The van der Waals surface area contributed by atoms with Crippen LogP contribution in [-0.2, 0) is 15.3 Å². The van der Waals surface area contributed by atoms with Crippen LogP contribution in [0.2, 0.25) is 33.2 Å². The molecule has 2 aromatic carbocycles. The lowest BCUT2D eigenvalue weighted by atomic mass is 10.1. The minimum Gasteiger partial charge on any atom is -0.416 e. The van der Waals surface area contributed by atoms with Crippen LogP contribution < -0.4 is 5.32 Å². The molecule has 0 amide bonds. The highest BCUT2D eigenvalue weighted by Gasteiger charge is 2.46. The summed E-state index contributed by atoms with van der Waals surface area (Å²) in [6, 6.07) is 7.00. The van der Waals surface area contributed by atoms with Gasteiger partial charge in [0.05, 0.1) is 18.0 Å². The molecule has 2 N–H and O–H groups in total. The van der Waals surface area contributed by atoms with E-state index in [1.807, 2.05) is 0 Å². The van der Waals surface area contributed by atoms with Gasteiger partial charge in [-0.05, 0) is 63.4 Å². The van der Waals surface area contributed by atoms with Crippen LogP contribution in [0.4, 0.5) is 24.5 Å². The number of aliphatic hydroxyl groups is 1. The molecule has 2 aromatic rings. The lowest BCUT2D eigenvalue weighted by molar-refractivity contribution is 0.0980. The SMILES string of the molecule is CC(C)[Si](OCCc1ccc(Nc2c(C(O)CO[Si](C(C)C)(C(C)C)C(C)C)ccc(F)c2F)c(F)c1)(C(C)C)C(C)C. The van der Waals surface area contributed by atoms with Crippen molar-refractivity contribution in [2.45, 2.75) is 129 Å². The second kappa shape index (κ2) is 15.6. The van der Waals surface area contributed by atoms with Gasteiger partial charge in [0.15, 0.2) is 28.3 Å². The first kappa shape index (κ1) is 37.5. The average Bonchev–Trinajstić information content (AvgIpc) is 2.89. The molecule has 0 radical (unpaired) electrons. The summed E-state index contributed by atoms with van der Waals surface area (Å²) in [6.07, 6.45) is -0.687. The van der Waals surface area contributed by atoms with Crippen LogP contribution in [-0.4, -0.2) is 35.0 Å². The van der Waals surface area contributed by atoms with E-state index in [9.17, 15) is 9.50 Å². The first-order valence-electron chi connectivity index (χ1n) is 15.9. The van der Waals surface area contributed by atoms with Crippen LogP contribution in [0.25, 0.3) is 0 Å². The van der Waals surface area contributed by atoms with Gasteiger partial charge in [0, 0.05) is 12.2 Å². The van der Waals surface area contributed by atoms with Crippen LogP contribution in [0, 0.1) is 17.5 Å². The van der Waals surface area contributed by atoms with Gasteiger partial charge in [-0.15, -0.1) is 0 Å². The summed E-state index contributed by atoms with van der Waals surface area (Å²) in [4.78, 5) is 0. The minimum atomic E-state index is -2.31.